The number of fused-ring (bicyclic) bond motifs is 1. The molecule has 1 aliphatic carbocycles. The third kappa shape index (κ3) is 7.38. The van der Waals surface area contributed by atoms with Gasteiger partial charge in [-0.25, -0.2) is 13.5 Å². The van der Waals surface area contributed by atoms with Crippen molar-refractivity contribution in [1.82, 2.24) is 14.5 Å². The van der Waals surface area contributed by atoms with E-state index in [1.54, 1.807) is 18.2 Å². The number of nitrogens with one attached hydrogen (secondary N) is 2. The maximum Gasteiger partial charge on any atom is 0.299 e. The lowest BCUT2D eigenvalue weighted by Crippen LogP contribution is -2.23. The SMILES string of the molecule is CN(C)S(=O)(=O)Cl.CS(=O)(=O)Nc1cccc(Cc2n[nH]c(=O)c3c2CCCC3)c1. The van der Waals surface area contributed by atoms with E-state index in [-0.39, 0.29) is 5.56 Å². The van der Waals surface area contributed by atoms with E-state index in [2.05, 4.69) is 14.9 Å². The summed E-state index contributed by atoms with van der Waals surface area (Å²) in [5, 5.41) is 6.80. The van der Waals surface area contributed by atoms with E-state index in [1.165, 1.54) is 14.1 Å². The molecule has 30 heavy (non-hydrogen) atoms. The van der Waals surface area contributed by atoms with Crippen LogP contribution >= 0.6 is 10.7 Å². The molecular weight excluding hydrogens is 452 g/mol. The summed E-state index contributed by atoms with van der Waals surface area (Å²) in [6.45, 7) is 0. The van der Waals surface area contributed by atoms with Crippen LogP contribution in [0.3, 0.4) is 0 Å². The number of hydrogen-bond donors (Lipinski definition) is 2. The normalized spacial score (nSPS) is 13.9. The zero-order valence-corrected chi connectivity index (χ0v) is 19.4. The molecule has 0 saturated heterocycles. The lowest BCUT2D eigenvalue weighted by atomic mass is 9.90. The highest BCUT2D eigenvalue weighted by atomic mass is 35.7. The summed E-state index contributed by atoms with van der Waals surface area (Å²) in [5.41, 5.74) is 4.18. The lowest BCUT2D eigenvalue weighted by Gasteiger charge is -2.17. The molecule has 0 radical (unpaired) electrons. The summed E-state index contributed by atoms with van der Waals surface area (Å²) >= 11 is 0. The van der Waals surface area contributed by atoms with Gasteiger partial charge in [0.25, 0.3) is 14.8 Å². The highest BCUT2D eigenvalue weighted by Crippen LogP contribution is 2.23. The first kappa shape index (κ1) is 24.3. The number of aromatic nitrogens is 2. The molecule has 1 aromatic heterocycles. The average molecular weight is 477 g/mol. The van der Waals surface area contributed by atoms with Gasteiger partial charge in [0.1, 0.15) is 0 Å². The number of anilines is 1. The molecule has 166 valence electrons. The quantitative estimate of drug-likeness (QED) is 0.631. The second kappa shape index (κ2) is 9.90. The van der Waals surface area contributed by atoms with Crippen molar-refractivity contribution in [2.75, 3.05) is 25.1 Å². The van der Waals surface area contributed by atoms with Crippen molar-refractivity contribution in [2.45, 2.75) is 32.1 Å². The molecule has 0 amide bonds. The maximum atomic E-state index is 11.9. The maximum absolute atomic E-state index is 11.9. The van der Waals surface area contributed by atoms with Crippen LogP contribution in [0.25, 0.3) is 0 Å². The second-order valence-electron chi connectivity index (χ2n) is 7.14. The van der Waals surface area contributed by atoms with Crippen LogP contribution in [0.4, 0.5) is 5.69 Å². The van der Waals surface area contributed by atoms with Crippen molar-refractivity contribution >= 4 is 35.6 Å². The number of sulfonamides is 1. The van der Waals surface area contributed by atoms with Gasteiger partial charge in [-0.15, -0.1) is 0 Å². The van der Waals surface area contributed by atoms with Crippen LogP contribution in [-0.4, -0.2) is 51.7 Å². The Kier molecular flexibility index (Phi) is 8.03. The molecule has 2 aromatic rings. The average Bonchev–Trinajstić information content (AvgIpc) is 2.63. The zero-order valence-electron chi connectivity index (χ0n) is 17.0. The Morgan fingerprint density at radius 2 is 1.73 bits per heavy atom. The number of rotatable bonds is 5. The smallest absolute Gasteiger partial charge is 0.284 e. The topological polar surface area (TPSA) is 129 Å². The predicted octanol–water partition coefficient (Wildman–Crippen LogP) is 1.64. The van der Waals surface area contributed by atoms with Crippen molar-refractivity contribution in [3.05, 3.63) is 57.0 Å². The van der Waals surface area contributed by atoms with Crippen molar-refractivity contribution < 1.29 is 16.8 Å². The number of nitrogens with zero attached hydrogens (tertiary/aromatic N) is 2. The monoisotopic (exact) mass is 476 g/mol. The highest BCUT2D eigenvalue weighted by Gasteiger charge is 2.18. The van der Waals surface area contributed by atoms with Gasteiger partial charge < -0.3 is 0 Å². The molecule has 0 unspecified atom stereocenters. The van der Waals surface area contributed by atoms with E-state index in [1.807, 2.05) is 6.07 Å². The number of halogens is 1. The number of H-pyrrole nitrogens is 1. The van der Waals surface area contributed by atoms with Crippen LogP contribution in [0.2, 0.25) is 0 Å². The van der Waals surface area contributed by atoms with Crippen LogP contribution in [0.5, 0.6) is 0 Å². The Morgan fingerprint density at radius 1 is 1.13 bits per heavy atom. The van der Waals surface area contributed by atoms with Crippen LogP contribution in [-0.2, 0) is 38.5 Å². The Morgan fingerprint density at radius 3 is 2.30 bits per heavy atom. The highest BCUT2D eigenvalue weighted by molar-refractivity contribution is 8.11. The molecule has 1 heterocycles. The number of hydrogen-bond acceptors (Lipinski definition) is 6. The molecular formula is C18H25ClN4O5S2. The molecule has 0 spiro atoms. The second-order valence-corrected chi connectivity index (χ2v) is 11.6. The van der Waals surface area contributed by atoms with Crippen molar-refractivity contribution in [2.24, 2.45) is 0 Å². The fourth-order valence-corrected chi connectivity index (χ4v) is 3.58. The van der Waals surface area contributed by atoms with Crippen molar-refractivity contribution in [3.63, 3.8) is 0 Å². The Labute approximate surface area is 181 Å². The Hall–Kier alpha value is -1.95. The predicted molar refractivity (Wildman–Crippen MR) is 118 cm³/mol. The van der Waals surface area contributed by atoms with Gasteiger partial charge >= 0.3 is 0 Å². The lowest BCUT2D eigenvalue weighted by molar-refractivity contribution is 0.537. The van der Waals surface area contributed by atoms with Crippen molar-refractivity contribution in [1.29, 1.82) is 0 Å². The standard InChI is InChI=1S/C16H19N3O3S.C2H6ClNO2S/c1-23(21,22)19-12-6-4-5-11(9-12)10-15-13-7-2-3-8-14(13)16(20)18-17-15;1-4(2)7(3,5)6/h4-6,9,19H,2-3,7-8,10H2,1H3,(H,18,20);1-2H3. The van der Waals surface area contributed by atoms with Gasteiger partial charge in [-0.05, 0) is 48.9 Å². The van der Waals surface area contributed by atoms with Gasteiger partial charge in [-0.1, -0.05) is 12.1 Å². The summed E-state index contributed by atoms with van der Waals surface area (Å²) < 4.78 is 46.1. The third-order valence-electron chi connectivity index (χ3n) is 4.42. The largest absolute Gasteiger partial charge is 0.299 e. The van der Waals surface area contributed by atoms with E-state index in [9.17, 15) is 21.6 Å². The fourth-order valence-electron chi connectivity index (χ4n) is 3.03. The molecule has 12 heteroatoms. The van der Waals surface area contributed by atoms with E-state index < -0.39 is 19.3 Å². The molecule has 2 N–H and O–H groups in total. The molecule has 0 aliphatic heterocycles. The van der Waals surface area contributed by atoms with E-state index >= 15 is 0 Å². The summed E-state index contributed by atoms with van der Waals surface area (Å²) in [7, 11) is 0.758. The molecule has 3 rings (SSSR count). The van der Waals surface area contributed by atoms with Crippen molar-refractivity contribution in [3.8, 4) is 0 Å². The van der Waals surface area contributed by atoms with Gasteiger partial charge in [0.2, 0.25) is 10.0 Å². The summed E-state index contributed by atoms with van der Waals surface area (Å²) in [4.78, 5) is 11.9. The van der Waals surface area contributed by atoms with E-state index in [0.29, 0.717) is 12.1 Å². The Bertz CT molecular complexity index is 1160. The van der Waals surface area contributed by atoms with Gasteiger partial charge in [0.15, 0.2) is 0 Å². The first-order valence-electron chi connectivity index (χ1n) is 9.15. The number of benzene rings is 1. The molecule has 1 aromatic carbocycles. The van der Waals surface area contributed by atoms with Gasteiger partial charge in [0.05, 0.1) is 11.9 Å². The third-order valence-corrected chi connectivity index (χ3v) is 6.73. The van der Waals surface area contributed by atoms with Crippen LogP contribution in [0.15, 0.2) is 29.1 Å². The fraction of sp³-hybridized carbons (Fsp3) is 0.444. The molecule has 9 nitrogen and oxygen atoms in total. The Balaban J connectivity index is 0.000000396. The van der Waals surface area contributed by atoms with Crippen LogP contribution in [0.1, 0.15) is 35.2 Å². The summed E-state index contributed by atoms with van der Waals surface area (Å²) in [5.74, 6) is 0. The van der Waals surface area contributed by atoms with Crippen LogP contribution < -0.4 is 10.3 Å². The van der Waals surface area contributed by atoms with Gasteiger partial charge in [0, 0.05) is 42.4 Å². The molecule has 0 saturated carbocycles. The van der Waals surface area contributed by atoms with Gasteiger partial charge in [-0.2, -0.15) is 17.8 Å². The van der Waals surface area contributed by atoms with Crippen LogP contribution in [0, 0.1) is 0 Å². The first-order valence-corrected chi connectivity index (χ1v) is 13.3. The first-order chi connectivity index (χ1) is 13.9. The minimum Gasteiger partial charge on any atom is -0.284 e. The molecule has 0 bridgehead atoms. The van der Waals surface area contributed by atoms with E-state index in [0.717, 1.165) is 58.6 Å². The number of aromatic amines is 1. The minimum atomic E-state index is -3.44. The summed E-state index contributed by atoms with van der Waals surface area (Å²) in [6, 6.07) is 7.24. The zero-order chi connectivity index (χ0) is 22.5. The summed E-state index contributed by atoms with van der Waals surface area (Å²) in [6.07, 6.45) is 5.48. The minimum absolute atomic E-state index is 0.0871. The molecule has 1 aliphatic rings. The molecule has 0 atom stereocenters. The van der Waals surface area contributed by atoms with Gasteiger partial charge in [-0.3, -0.25) is 9.52 Å². The molecule has 0 fully saturated rings. The van der Waals surface area contributed by atoms with E-state index in [4.69, 9.17) is 10.7 Å².